The SMILES string of the molecule is O=C(/C=C/c1ccccc1)Nc1nnc(NCc2cccc3ccccc23)s1. The number of fused-ring (bicyclic) bond motifs is 1. The molecule has 5 nitrogen and oxygen atoms in total. The predicted octanol–water partition coefficient (Wildman–Crippen LogP) is 4.96. The maximum absolute atomic E-state index is 12.0. The van der Waals surface area contributed by atoms with Crippen molar-refractivity contribution in [3.63, 3.8) is 0 Å². The van der Waals surface area contributed by atoms with E-state index in [-0.39, 0.29) is 5.91 Å². The van der Waals surface area contributed by atoms with Crippen molar-refractivity contribution < 1.29 is 4.79 Å². The Balaban J connectivity index is 1.36. The van der Waals surface area contributed by atoms with Crippen LogP contribution < -0.4 is 10.6 Å². The van der Waals surface area contributed by atoms with E-state index in [1.807, 2.05) is 48.5 Å². The second kappa shape index (κ2) is 8.45. The molecule has 2 N–H and O–H groups in total. The molecule has 3 aromatic carbocycles. The zero-order valence-corrected chi connectivity index (χ0v) is 15.8. The van der Waals surface area contributed by atoms with Crippen molar-refractivity contribution in [1.29, 1.82) is 0 Å². The van der Waals surface area contributed by atoms with Crippen LogP contribution in [0.15, 0.2) is 78.9 Å². The fraction of sp³-hybridized carbons (Fsp3) is 0.0455. The number of carbonyl (C=O) groups is 1. The average molecular weight is 386 g/mol. The van der Waals surface area contributed by atoms with Gasteiger partial charge in [0.1, 0.15) is 0 Å². The smallest absolute Gasteiger partial charge is 0.250 e. The summed E-state index contributed by atoms with van der Waals surface area (Å²) in [5.41, 5.74) is 2.15. The zero-order valence-electron chi connectivity index (χ0n) is 15.0. The Labute approximate surface area is 166 Å². The molecule has 0 fully saturated rings. The summed E-state index contributed by atoms with van der Waals surface area (Å²) in [5, 5.41) is 17.7. The minimum atomic E-state index is -0.236. The summed E-state index contributed by atoms with van der Waals surface area (Å²) in [7, 11) is 0. The minimum absolute atomic E-state index is 0.236. The number of benzene rings is 3. The van der Waals surface area contributed by atoms with Gasteiger partial charge in [-0.1, -0.05) is 84.1 Å². The Kier molecular flexibility index (Phi) is 5.40. The zero-order chi connectivity index (χ0) is 19.2. The van der Waals surface area contributed by atoms with Gasteiger partial charge < -0.3 is 5.32 Å². The standard InChI is InChI=1S/C22H18N4OS/c27-20(14-13-16-7-2-1-3-8-16)24-22-26-25-21(28-22)23-15-18-11-6-10-17-9-4-5-12-19(17)18/h1-14H,15H2,(H,23,25)(H,24,26,27)/b14-13+. The number of amides is 1. The Bertz CT molecular complexity index is 1120. The summed E-state index contributed by atoms with van der Waals surface area (Å²) in [6.07, 6.45) is 3.25. The third-order valence-electron chi connectivity index (χ3n) is 4.19. The third-order valence-corrected chi connectivity index (χ3v) is 4.99. The molecule has 1 amide bonds. The van der Waals surface area contributed by atoms with Crippen LogP contribution in [0, 0.1) is 0 Å². The van der Waals surface area contributed by atoms with Crippen LogP contribution >= 0.6 is 11.3 Å². The number of nitrogens with one attached hydrogen (secondary N) is 2. The molecule has 0 aliphatic carbocycles. The molecule has 6 heteroatoms. The summed E-state index contributed by atoms with van der Waals surface area (Å²) in [5.74, 6) is -0.236. The molecule has 4 aromatic rings. The first-order chi connectivity index (χ1) is 13.8. The predicted molar refractivity (Wildman–Crippen MR) is 115 cm³/mol. The minimum Gasteiger partial charge on any atom is -0.356 e. The maximum Gasteiger partial charge on any atom is 0.250 e. The van der Waals surface area contributed by atoms with Crippen LogP contribution in [0.25, 0.3) is 16.8 Å². The van der Waals surface area contributed by atoms with Crippen LogP contribution in [0.5, 0.6) is 0 Å². The number of hydrogen-bond donors (Lipinski definition) is 2. The largest absolute Gasteiger partial charge is 0.356 e. The van der Waals surface area contributed by atoms with Gasteiger partial charge in [0.05, 0.1) is 0 Å². The molecule has 4 rings (SSSR count). The molecule has 0 atom stereocenters. The lowest BCUT2D eigenvalue weighted by Gasteiger charge is -2.06. The Morgan fingerprint density at radius 2 is 1.64 bits per heavy atom. The van der Waals surface area contributed by atoms with Gasteiger partial charge in [0.2, 0.25) is 16.2 Å². The van der Waals surface area contributed by atoms with E-state index in [1.54, 1.807) is 6.08 Å². The van der Waals surface area contributed by atoms with Gasteiger partial charge in [-0.15, -0.1) is 10.2 Å². The summed E-state index contributed by atoms with van der Waals surface area (Å²) in [4.78, 5) is 12.0. The first-order valence-corrected chi connectivity index (χ1v) is 9.68. The van der Waals surface area contributed by atoms with Gasteiger partial charge in [0.15, 0.2) is 0 Å². The highest BCUT2D eigenvalue weighted by molar-refractivity contribution is 7.19. The summed E-state index contributed by atoms with van der Waals surface area (Å²) in [6, 6.07) is 24.2. The molecular weight excluding hydrogens is 368 g/mol. The molecule has 0 unspecified atom stereocenters. The van der Waals surface area contributed by atoms with Crippen molar-refractivity contribution in [2.75, 3.05) is 10.6 Å². The lowest BCUT2D eigenvalue weighted by atomic mass is 10.0. The van der Waals surface area contributed by atoms with Gasteiger partial charge in [-0.3, -0.25) is 10.1 Å². The van der Waals surface area contributed by atoms with Crippen LogP contribution in [0.3, 0.4) is 0 Å². The topological polar surface area (TPSA) is 66.9 Å². The molecule has 0 aliphatic heterocycles. The van der Waals surface area contributed by atoms with Crippen LogP contribution in [0.2, 0.25) is 0 Å². The molecule has 0 spiro atoms. The van der Waals surface area contributed by atoms with Crippen LogP contribution in [-0.4, -0.2) is 16.1 Å². The second-order valence-corrected chi connectivity index (χ2v) is 7.11. The number of anilines is 2. The number of carbonyl (C=O) groups excluding carboxylic acids is 1. The van der Waals surface area contributed by atoms with Gasteiger partial charge in [-0.05, 0) is 28.0 Å². The van der Waals surface area contributed by atoms with E-state index < -0.39 is 0 Å². The number of aromatic nitrogens is 2. The normalized spacial score (nSPS) is 11.0. The first-order valence-electron chi connectivity index (χ1n) is 8.86. The summed E-state index contributed by atoms with van der Waals surface area (Å²) < 4.78 is 0. The fourth-order valence-electron chi connectivity index (χ4n) is 2.85. The lowest BCUT2D eigenvalue weighted by Crippen LogP contribution is -2.07. The van der Waals surface area contributed by atoms with E-state index in [1.165, 1.54) is 33.7 Å². The van der Waals surface area contributed by atoms with Crippen molar-refractivity contribution >= 4 is 44.4 Å². The fourth-order valence-corrected chi connectivity index (χ4v) is 3.49. The molecule has 138 valence electrons. The molecule has 0 bridgehead atoms. The van der Waals surface area contributed by atoms with Gasteiger partial charge in [-0.2, -0.15) is 0 Å². The summed E-state index contributed by atoms with van der Waals surface area (Å²) in [6.45, 7) is 0.637. The first kappa shape index (κ1) is 17.9. The quantitative estimate of drug-likeness (QED) is 0.460. The monoisotopic (exact) mass is 386 g/mol. The highest BCUT2D eigenvalue weighted by Gasteiger charge is 2.07. The third kappa shape index (κ3) is 4.42. The van der Waals surface area contributed by atoms with Gasteiger partial charge >= 0.3 is 0 Å². The number of hydrogen-bond acceptors (Lipinski definition) is 5. The van der Waals surface area contributed by atoms with Crippen molar-refractivity contribution in [3.8, 4) is 0 Å². The highest BCUT2D eigenvalue weighted by Crippen LogP contribution is 2.23. The average Bonchev–Trinajstić information content (AvgIpc) is 3.18. The lowest BCUT2D eigenvalue weighted by molar-refractivity contribution is -0.111. The van der Waals surface area contributed by atoms with Crippen molar-refractivity contribution in [2.45, 2.75) is 6.54 Å². The van der Waals surface area contributed by atoms with Gasteiger partial charge in [-0.25, -0.2) is 0 Å². The van der Waals surface area contributed by atoms with E-state index in [4.69, 9.17) is 0 Å². The molecule has 28 heavy (non-hydrogen) atoms. The molecule has 0 radical (unpaired) electrons. The van der Waals surface area contributed by atoms with E-state index in [0.29, 0.717) is 16.8 Å². The molecule has 1 aromatic heterocycles. The Morgan fingerprint density at radius 1 is 0.893 bits per heavy atom. The Hall–Kier alpha value is -3.51. The molecule has 0 saturated heterocycles. The molecular formula is C22H18N4OS. The van der Waals surface area contributed by atoms with Gasteiger partial charge in [0.25, 0.3) is 0 Å². The summed E-state index contributed by atoms with van der Waals surface area (Å²) >= 11 is 1.31. The van der Waals surface area contributed by atoms with Crippen LogP contribution in [0.4, 0.5) is 10.3 Å². The van der Waals surface area contributed by atoms with Crippen molar-refractivity contribution in [3.05, 3.63) is 90.0 Å². The van der Waals surface area contributed by atoms with E-state index in [0.717, 1.165) is 5.56 Å². The van der Waals surface area contributed by atoms with E-state index in [2.05, 4.69) is 45.1 Å². The van der Waals surface area contributed by atoms with E-state index in [9.17, 15) is 4.79 Å². The second-order valence-electron chi connectivity index (χ2n) is 6.14. The van der Waals surface area contributed by atoms with Crippen molar-refractivity contribution in [1.82, 2.24) is 10.2 Å². The van der Waals surface area contributed by atoms with Crippen LogP contribution in [-0.2, 0) is 11.3 Å². The van der Waals surface area contributed by atoms with Crippen molar-refractivity contribution in [2.24, 2.45) is 0 Å². The Morgan fingerprint density at radius 3 is 2.54 bits per heavy atom. The molecule has 1 heterocycles. The number of nitrogens with zero attached hydrogens (tertiary/aromatic N) is 2. The maximum atomic E-state index is 12.0. The van der Waals surface area contributed by atoms with E-state index >= 15 is 0 Å². The van der Waals surface area contributed by atoms with Crippen LogP contribution in [0.1, 0.15) is 11.1 Å². The highest BCUT2D eigenvalue weighted by atomic mass is 32.1. The van der Waals surface area contributed by atoms with Gasteiger partial charge in [0, 0.05) is 12.6 Å². The molecule has 0 aliphatic rings. The number of rotatable bonds is 6. The molecule has 0 saturated carbocycles.